The van der Waals surface area contributed by atoms with Crippen LogP contribution in [0.5, 0.6) is 0 Å². The van der Waals surface area contributed by atoms with Gasteiger partial charge < -0.3 is 0 Å². The largest absolute Gasteiger partial charge is 0.264 e. The second-order valence-electron chi connectivity index (χ2n) is 8.23. The van der Waals surface area contributed by atoms with Crippen LogP contribution in [-0.4, -0.2) is 15.0 Å². The van der Waals surface area contributed by atoms with Crippen molar-refractivity contribution >= 4 is 0 Å². The molecule has 3 nitrogen and oxygen atoms in total. The van der Waals surface area contributed by atoms with Gasteiger partial charge in [0.1, 0.15) is 0 Å². The van der Waals surface area contributed by atoms with E-state index in [0.29, 0.717) is 11.4 Å². The number of rotatable bonds is 5. The molecule has 0 saturated heterocycles. The van der Waals surface area contributed by atoms with E-state index >= 15 is 0 Å². The Morgan fingerprint density at radius 2 is 1.11 bits per heavy atom. The van der Waals surface area contributed by atoms with Crippen molar-refractivity contribution in [3.05, 3.63) is 140 Å². The Hall–Kier alpha value is -4.89. The predicted octanol–water partition coefficient (Wildman–Crippen LogP) is 8.21. The van der Waals surface area contributed by atoms with Crippen LogP contribution in [0.2, 0.25) is 0 Å². The quantitative estimate of drug-likeness (QED) is 0.257. The lowest BCUT2D eigenvalue weighted by Gasteiger charge is -2.11. The summed E-state index contributed by atoms with van der Waals surface area (Å²) in [4.78, 5) is 13.7. The Labute approximate surface area is 217 Å². The molecule has 0 amide bonds. The first-order chi connectivity index (χ1) is 19.9. The monoisotopic (exact) mass is 466 g/mol. The third kappa shape index (κ3) is 4.55. The third-order valence-electron chi connectivity index (χ3n) is 5.89. The summed E-state index contributed by atoms with van der Waals surface area (Å²) >= 11 is 0. The lowest BCUT2D eigenvalue weighted by Crippen LogP contribution is -1.96. The molecule has 36 heavy (non-hydrogen) atoms. The summed E-state index contributed by atoms with van der Waals surface area (Å²) in [5.74, 6) is 0.0633. The summed E-state index contributed by atoms with van der Waals surface area (Å²) in [5.41, 5.74) is 6.75. The zero-order valence-electron chi connectivity index (χ0n) is 24.2. The van der Waals surface area contributed by atoms with Gasteiger partial charge in [0.25, 0.3) is 0 Å². The number of pyridine rings is 1. The lowest BCUT2D eigenvalue weighted by atomic mass is 10.0. The Morgan fingerprint density at radius 3 is 1.86 bits per heavy atom. The summed E-state index contributed by atoms with van der Waals surface area (Å²) in [6.07, 6.45) is 3.51. The minimum absolute atomic E-state index is 0.0385. The first-order valence-corrected chi connectivity index (χ1v) is 11.5. The van der Waals surface area contributed by atoms with E-state index in [4.69, 9.17) is 16.8 Å². The second kappa shape index (κ2) is 9.77. The first-order valence-electron chi connectivity index (χ1n) is 14.0. The molecule has 0 atom stereocenters. The van der Waals surface area contributed by atoms with Crippen molar-refractivity contribution in [1.82, 2.24) is 15.0 Å². The molecule has 0 aliphatic rings. The van der Waals surface area contributed by atoms with Crippen LogP contribution < -0.4 is 0 Å². The summed E-state index contributed by atoms with van der Waals surface area (Å²) in [6, 6.07) is 29.6. The van der Waals surface area contributed by atoms with Crippen molar-refractivity contribution in [2.45, 2.75) is 0 Å². The molecule has 2 heterocycles. The van der Waals surface area contributed by atoms with Gasteiger partial charge in [0.05, 0.1) is 18.2 Å². The topological polar surface area (TPSA) is 38.7 Å². The van der Waals surface area contributed by atoms with Crippen LogP contribution in [0.25, 0.3) is 56.2 Å². The Balaban J connectivity index is 1.54. The van der Waals surface area contributed by atoms with Gasteiger partial charge in [-0.1, -0.05) is 109 Å². The summed E-state index contributed by atoms with van der Waals surface area (Å²) in [6.45, 7) is 0. The van der Waals surface area contributed by atoms with Crippen molar-refractivity contribution in [1.29, 1.82) is 0 Å². The zero-order chi connectivity index (χ0) is 28.5. The number of hydrogen-bond acceptors (Lipinski definition) is 3. The standard InChI is InChI=1S/C33H23N3/c1-3-9-24(10-4-1)25-16-18-26(19-17-25)31-22-32(36-33(35-31)27-11-5-2-6-12-27)29-14-7-13-28(21-29)30-15-8-20-34-23-30/h1-23H/i2D,5D,6D,11D,12D. The minimum atomic E-state index is -0.458. The van der Waals surface area contributed by atoms with E-state index < -0.39 is 18.1 Å². The van der Waals surface area contributed by atoms with E-state index in [2.05, 4.69) is 4.98 Å². The average molecular weight is 467 g/mol. The number of hydrogen-bond donors (Lipinski definition) is 0. The molecular weight excluding hydrogens is 438 g/mol. The molecule has 0 fully saturated rings. The molecule has 0 N–H and O–H groups in total. The van der Waals surface area contributed by atoms with Crippen molar-refractivity contribution in [2.75, 3.05) is 0 Å². The molecule has 3 heteroatoms. The number of aromatic nitrogens is 3. The highest BCUT2D eigenvalue weighted by atomic mass is 14.9. The maximum Gasteiger partial charge on any atom is 0.160 e. The Kier molecular flexibility index (Phi) is 4.53. The highest BCUT2D eigenvalue weighted by Gasteiger charge is 2.12. The van der Waals surface area contributed by atoms with Gasteiger partial charge in [-0.3, -0.25) is 4.98 Å². The van der Waals surface area contributed by atoms with Gasteiger partial charge in [0, 0.05) is 34.6 Å². The zero-order valence-corrected chi connectivity index (χ0v) is 19.2. The highest BCUT2D eigenvalue weighted by Crippen LogP contribution is 2.31. The second-order valence-corrected chi connectivity index (χ2v) is 8.23. The van der Waals surface area contributed by atoms with E-state index in [9.17, 15) is 0 Å². The van der Waals surface area contributed by atoms with Gasteiger partial charge in [-0.05, 0) is 34.9 Å². The molecule has 0 aliphatic heterocycles. The predicted molar refractivity (Wildman–Crippen MR) is 147 cm³/mol. The lowest BCUT2D eigenvalue weighted by molar-refractivity contribution is 1.18. The van der Waals surface area contributed by atoms with Crippen LogP contribution in [0.3, 0.4) is 0 Å². The molecule has 6 aromatic rings. The molecule has 170 valence electrons. The molecule has 0 aliphatic carbocycles. The van der Waals surface area contributed by atoms with E-state index in [0.717, 1.165) is 33.4 Å². The average Bonchev–Trinajstić information content (AvgIpc) is 3.04. The SMILES string of the molecule is [2H]c1c([2H])c([2H])c(-c2nc(-c3ccc(-c4ccccc4)cc3)cc(-c3cccc(-c4cccnc4)c3)n2)c([2H])c1[2H]. The van der Waals surface area contributed by atoms with Crippen molar-refractivity contribution in [3.8, 4) is 56.2 Å². The van der Waals surface area contributed by atoms with Crippen molar-refractivity contribution in [2.24, 2.45) is 0 Å². The van der Waals surface area contributed by atoms with E-state index in [1.807, 2.05) is 97.1 Å². The third-order valence-corrected chi connectivity index (χ3v) is 5.89. The van der Waals surface area contributed by atoms with E-state index in [-0.39, 0.29) is 23.5 Å². The van der Waals surface area contributed by atoms with E-state index in [1.54, 1.807) is 12.4 Å². The number of benzene rings is 4. The van der Waals surface area contributed by atoms with Crippen LogP contribution in [0.4, 0.5) is 0 Å². The van der Waals surface area contributed by atoms with Gasteiger partial charge in [-0.2, -0.15) is 0 Å². The Morgan fingerprint density at radius 1 is 0.472 bits per heavy atom. The van der Waals surface area contributed by atoms with Gasteiger partial charge in [-0.15, -0.1) is 0 Å². The van der Waals surface area contributed by atoms with Gasteiger partial charge in [-0.25, -0.2) is 9.97 Å². The molecule has 0 bridgehead atoms. The summed E-state index contributed by atoms with van der Waals surface area (Å²) in [5, 5.41) is 0. The van der Waals surface area contributed by atoms with Crippen molar-refractivity contribution < 1.29 is 6.85 Å². The summed E-state index contributed by atoms with van der Waals surface area (Å²) in [7, 11) is 0. The van der Waals surface area contributed by atoms with Crippen LogP contribution in [0.1, 0.15) is 6.85 Å². The van der Waals surface area contributed by atoms with Crippen LogP contribution in [0.15, 0.2) is 140 Å². The van der Waals surface area contributed by atoms with Gasteiger partial charge in [0.15, 0.2) is 5.82 Å². The van der Waals surface area contributed by atoms with Crippen LogP contribution in [0, 0.1) is 0 Å². The molecule has 4 aromatic carbocycles. The molecule has 0 saturated carbocycles. The maximum atomic E-state index is 8.53. The van der Waals surface area contributed by atoms with Gasteiger partial charge >= 0.3 is 0 Å². The highest BCUT2D eigenvalue weighted by molar-refractivity contribution is 5.76. The van der Waals surface area contributed by atoms with E-state index in [1.165, 1.54) is 0 Å². The normalized spacial score (nSPS) is 12.7. The molecule has 0 unspecified atom stereocenters. The summed E-state index contributed by atoms with van der Waals surface area (Å²) < 4.78 is 41.4. The van der Waals surface area contributed by atoms with Crippen LogP contribution >= 0.6 is 0 Å². The van der Waals surface area contributed by atoms with Crippen molar-refractivity contribution in [3.63, 3.8) is 0 Å². The fourth-order valence-electron chi connectivity index (χ4n) is 4.07. The molecule has 0 spiro atoms. The van der Waals surface area contributed by atoms with Crippen LogP contribution in [-0.2, 0) is 0 Å². The Bertz CT molecular complexity index is 1850. The number of nitrogens with zero attached hydrogens (tertiary/aromatic N) is 3. The van der Waals surface area contributed by atoms with Gasteiger partial charge in [0.2, 0.25) is 0 Å². The minimum Gasteiger partial charge on any atom is -0.264 e. The first kappa shape index (κ1) is 16.7. The molecular formula is C33H23N3. The fourth-order valence-corrected chi connectivity index (χ4v) is 4.07. The smallest absolute Gasteiger partial charge is 0.160 e. The molecule has 2 aromatic heterocycles. The maximum absolute atomic E-state index is 8.53. The molecule has 6 rings (SSSR count). The molecule has 0 radical (unpaired) electrons. The fraction of sp³-hybridized carbons (Fsp3) is 0.